The third-order valence-electron chi connectivity index (χ3n) is 2.22. The highest BCUT2D eigenvalue weighted by molar-refractivity contribution is 5.90. The predicted octanol–water partition coefficient (Wildman–Crippen LogP) is 1.69. The fourth-order valence-electron chi connectivity index (χ4n) is 1.12. The van der Waals surface area contributed by atoms with Crippen LogP contribution in [-0.4, -0.2) is 10.9 Å². The summed E-state index contributed by atoms with van der Waals surface area (Å²) in [5.74, 6) is -0.0220. The Morgan fingerprint density at radius 3 is 2.92 bits per heavy atom. The van der Waals surface area contributed by atoms with E-state index in [0.29, 0.717) is 11.6 Å². The second-order valence-corrected chi connectivity index (χ2v) is 3.15. The fourth-order valence-corrected chi connectivity index (χ4v) is 1.12. The van der Waals surface area contributed by atoms with Crippen molar-refractivity contribution in [3.05, 3.63) is 29.6 Å². The van der Waals surface area contributed by atoms with Crippen LogP contribution in [0, 0.1) is 0 Å². The molecule has 0 radical (unpaired) electrons. The van der Waals surface area contributed by atoms with Gasteiger partial charge in [0.2, 0.25) is 0 Å². The molecule has 1 aromatic heterocycles. The van der Waals surface area contributed by atoms with E-state index in [9.17, 15) is 4.79 Å². The van der Waals surface area contributed by atoms with Crippen LogP contribution in [0.2, 0.25) is 0 Å². The maximum atomic E-state index is 10.8. The van der Waals surface area contributed by atoms with Gasteiger partial charge < -0.3 is 5.73 Å². The molecule has 0 aliphatic heterocycles. The normalized spacial score (nSPS) is 12.5. The molecule has 0 saturated carbocycles. The molecule has 0 bridgehead atoms. The number of hydrogen-bond acceptors (Lipinski definition) is 2. The van der Waals surface area contributed by atoms with Gasteiger partial charge in [-0.1, -0.05) is 13.8 Å². The monoisotopic (exact) mass is 178 g/mol. The largest absolute Gasteiger partial charge is 0.364 e. The molecule has 0 fully saturated rings. The Kier molecular flexibility index (Phi) is 3.01. The van der Waals surface area contributed by atoms with Crippen LogP contribution >= 0.6 is 0 Å². The molecule has 1 aromatic rings. The smallest absolute Gasteiger partial charge is 0.267 e. The first-order chi connectivity index (χ1) is 6.15. The van der Waals surface area contributed by atoms with Crippen molar-refractivity contribution in [2.45, 2.75) is 26.2 Å². The van der Waals surface area contributed by atoms with Crippen molar-refractivity contribution >= 4 is 5.91 Å². The molecule has 0 aromatic carbocycles. The van der Waals surface area contributed by atoms with E-state index in [0.717, 1.165) is 12.0 Å². The van der Waals surface area contributed by atoms with Crippen LogP contribution < -0.4 is 5.73 Å². The zero-order valence-corrected chi connectivity index (χ0v) is 7.95. The van der Waals surface area contributed by atoms with E-state index in [1.54, 1.807) is 12.3 Å². The summed E-state index contributed by atoms with van der Waals surface area (Å²) >= 11 is 0. The lowest BCUT2D eigenvalue weighted by Crippen LogP contribution is -2.13. The lowest BCUT2D eigenvalue weighted by molar-refractivity contribution is 0.0995. The number of carbonyl (C=O) groups is 1. The molecule has 1 amide bonds. The second kappa shape index (κ2) is 4.03. The lowest BCUT2D eigenvalue weighted by Gasteiger charge is -2.08. The molecular formula is C10H14N2O. The molecule has 0 saturated heterocycles. The zero-order valence-electron chi connectivity index (χ0n) is 7.95. The van der Waals surface area contributed by atoms with Gasteiger partial charge in [0.1, 0.15) is 5.69 Å². The molecule has 70 valence electrons. The van der Waals surface area contributed by atoms with E-state index in [-0.39, 0.29) is 0 Å². The summed E-state index contributed by atoms with van der Waals surface area (Å²) in [7, 11) is 0. The van der Waals surface area contributed by atoms with Crippen molar-refractivity contribution in [1.82, 2.24) is 4.98 Å². The number of hydrogen-bond donors (Lipinski definition) is 1. The fraction of sp³-hybridized carbons (Fsp3) is 0.400. The van der Waals surface area contributed by atoms with E-state index in [2.05, 4.69) is 18.8 Å². The molecule has 0 aliphatic rings. The third-order valence-corrected chi connectivity index (χ3v) is 2.22. The summed E-state index contributed by atoms with van der Waals surface area (Å²) in [6, 6.07) is 3.68. The number of rotatable bonds is 3. The summed E-state index contributed by atoms with van der Waals surface area (Å²) in [5.41, 5.74) is 6.58. The Bertz CT molecular complexity index is 310. The van der Waals surface area contributed by atoms with E-state index in [4.69, 9.17) is 5.73 Å². The standard InChI is InChI=1S/C10H14N2O/c1-3-7(2)8-4-5-12-9(6-8)10(11)13/h4-7H,3H2,1-2H3,(H2,11,13)/t7-/m0/s1. The number of pyridine rings is 1. The van der Waals surface area contributed by atoms with Gasteiger partial charge in [-0.15, -0.1) is 0 Å². The van der Waals surface area contributed by atoms with Crippen LogP contribution in [0.1, 0.15) is 42.2 Å². The SMILES string of the molecule is CC[C@H](C)c1ccnc(C(N)=O)c1. The zero-order chi connectivity index (χ0) is 9.84. The highest BCUT2D eigenvalue weighted by atomic mass is 16.1. The first kappa shape index (κ1) is 9.71. The number of nitrogens with two attached hydrogens (primary N) is 1. The molecule has 3 heteroatoms. The van der Waals surface area contributed by atoms with Crippen molar-refractivity contribution in [1.29, 1.82) is 0 Å². The molecule has 1 heterocycles. The molecule has 2 N–H and O–H groups in total. The maximum absolute atomic E-state index is 10.8. The topological polar surface area (TPSA) is 56.0 Å². The molecule has 0 aliphatic carbocycles. The van der Waals surface area contributed by atoms with Gasteiger partial charge >= 0.3 is 0 Å². The molecule has 1 atom stereocenters. The number of amides is 1. The van der Waals surface area contributed by atoms with Crippen LogP contribution in [0.5, 0.6) is 0 Å². The van der Waals surface area contributed by atoms with E-state index >= 15 is 0 Å². The Morgan fingerprint density at radius 2 is 2.38 bits per heavy atom. The summed E-state index contributed by atoms with van der Waals surface area (Å²) < 4.78 is 0. The number of nitrogens with zero attached hydrogens (tertiary/aromatic N) is 1. The van der Waals surface area contributed by atoms with E-state index < -0.39 is 5.91 Å². The molecule has 1 rings (SSSR count). The Hall–Kier alpha value is -1.38. The molecule has 13 heavy (non-hydrogen) atoms. The van der Waals surface area contributed by atoms with Crippen molar-refractivity contribution < 1.29 is 4.79 Å². The Balaban J connectivity index is 2.98. The predicted molar refractivity (Wildman–Crippen MR) is 51.5 cm³/mol. The summed E-state index contributed by atoms with van der Waals surface area (Å²) in [6.45, 7) is 4.22. The van der Waals surface area contributed by atoms with Gasteiger partial charge in [0.15, 0.2) is 0 Å². The van der Waals surface area contributed by atoms with Gasteiger partial charge in [0.05, 0.1) is 0 Å². The average molecular weight is 178 g/mol. The minimum Gasteiger partial charge on any atom is -0.364 e. The van der Waals surface area contributed by atoms with Gasteiger partial charge in [0.25, 0.3) is 5.91 Å². The third kappa shape index (κ3) is 2.28. The highest BCUT2D eigenvalue weighted by Crippen LogP contribution is 2.17. The van der Waals surface area contributed by atoms with Gasteiger partial charge in [-0.25, -0.2) is 0 Å². The second-order valence-electron chi connectivity index (χ2n) is 3.15. The van der Waals surface area contributed by atoms with Crippen LogP contribution in [0.25, 0.3) is 0 Å². The van der Waals surface area contributed by atoms with E-state index in [1.807, 2.05) is 6.07 Å². The molecule has 0 spiro atoms. The van der Waals surface area contributed by atoms with Crippen LogP contribution in [-0.2, 0) is 0 Å². The number of aromatic nitrogens is 1. The van der Waals surface area contributed by atoms with Crippen molar-refractivity contribution in [3.8, 4) is 0 Å². The van der Waals surface area contributed by atoms with Crippen LogP contribution in [0.4, 0.5) is 0 Å². The molecular weight excluding hydrogens is 164 g/mol. The Morgan fingerprint density at radius 1 is 1.69 bits per heavy atom. The first-order valence-corrected chi connectivity index (χ1v) is 4.41. The van der Waals surface area contributed by atoms with Gasteiger partial charge in [-0.05, 0) is 30.0 Å². The summed E-state index contributed by atoms with van der Waals surface area (Å²) in [4.78, 5) is 14.7. The lowest BCUT2D eigenvalue weighted by atomic mass is 9.99. The molecule has 3 nitrogen and oxygen atoms in total. The minimum atomic E-state index is -0.467. The maximum Gasteiger partial charge on any atom is 0.267 e. The summed E-state index contributed by atoms with van der Waals surface area (Å²) in [5, 5.41) is 0. The molecule has 0 unspecified atom stereocenters. The van der Waals surface area contributed by atoms with Gasteiger partial charge in [-0.3, -0.25) is 9.78 Å². The first-order valence-electron chi connectivity index (χ1n) is 4.41. The quantitative estimate of drug-likeness (QED) is 0.765. The van der Waals surface area contributed by atoms with Gasteiger partial charge in [0, 0.05) is 6.20 Å². The summed E-state index contributed by atoms with van der Waals surface area (Å²) in [6.07, 6.45) is 2.67. The van der Waals surface area contributed by atoms with Crippen LogP contribution in [0.15, 0.2) is 18.3 Å². The highest BCUT2D eigenvalue weighted by Gasteiger charge is 2.06. The van der Waals surface area contributed by atoms with Crippen molar-refractivity contribution in [2.75, 3.05) is 0 Å². The van der Waals surface area contributed by atoms with Crippen molar-refractivity contribution in [3.63, 3.8) is 0 Å². The Labute approximate surface area is 78.0 Å². The minimum absolute atomic E-state index is 0.345. The van der Waals surface area contributed by atoms with E-state index in [1.165, 1.54) is 0 Å². The number of primary amides is 1. The van der Waals surface area contributed by atoms with Gasteiger partial charge in [-0.2, -0.15) is 0 Å². The van der Waals surface area contributed by atoms with Crippen LogP contribution in [0.3, 0.4) is 0 Å². The number of carbonyl (C=O) groups excluding carboxylic acids is 1. The van der Waals surface area contributed by atoms with Crippen molar-refractivity contribution in [2.24, 2.45) is 5.73 Å². The average Bonchev–Trinajstić information content (AvgIpc) is 2.17.